The van der Waals surface area contributed by atoms with Crippen LogP contribution >= 0.6 is 0 Å². The molecule has 1 aromatic rings. The highest BCUT2D eigenvalue weighted by Gasteiger charge is 2.28. The van der Waals surface area contributed by atoms with E-state index in [1.165, 1.54) is 0 Å². The average molecular weight is 280 g/mol. The average Bonchev–Trinajstić information content (AvgIpc) is 2.79. The number of likely N-dealkylation sites (tertiary alicyclic amines) is 1. The molecule has 2 N–H and O–H groups in total. The lowest BCUT2D eigenvalue weighted by molar-refractivity contribution is -0.143. The molecular formula is C13H20N4O3. The van der Waals surface area contributed by atoms with Gasteiger partial charge in [-0.2, -0.15) is 5.10 Å². The van der Waals surface area contributed by atoms with Crippen LogP contribution < -0.4 is 5.32 Å². The van der Waals surface area contributed by atoms with Crippen LogP contribution in [-0.4, -0.2) is 44.9 Å². The maximum absolute atomic E-state index is 12.2. The second kappa shape index (κ2) is 5.94. The summed E-state index contributed by atoms with van der Waals surface area (Å²) in [5.74, 6) is -0.673. The van der Waals surface area contributed by atoms with E-state index >= 15 is 0 Å². The Morgan fingerprint density at radius 1 is 1.55 bits per heavy atom. The number of anilines is 1. The topological polar surface area (TPSA) is 87.5 Å². The summed E-state index contributed by atoms with van der Waals surface area (Å²) < 4.78 is 1.62. The first-order valence-corrected chi connectivity index (χ1v) is 6.83. The number of piperidine rings is 1. The number of nitrogens with zero attached hydrogens (tertiary/aromatic N) is 3. The van der Waals surface area contributed by atoms with Gasteiger partial charge in [0.2, 0.25) is 0 Å². The molecule has 1 fully saturated rings. The number of hydrogen-bond donors (Lipinski definition) is 2. The number of hydrogen-bond acceptors (Lipinski definition) is 3. The van der Waals surface area contributed by atoms with Crippen LogP contribution in [-0.2, 0) is 18.3 Å². The van der Waals surface area contributed by atoms with Crippen molar-refractivity contribution in [1.29, 1.82) is 0 Å². The van der Waals surface area contributed by atoms with Crippen LogP contribution in [0.4, 0.5) is 10.6 Å². The molecule has 1 aliphatic heterocycles. The summed E-state index contributed by atoms with van der Waals surface area (Å²) in [6.07, 6.45) is 2.15. The van der Waals surface area contributed by atoms with Gasteiger partial charge in [-0.05, 0) is 19.3 Å². The molecule has 0 radical (unpaired) electrons. The molecule has 1 saturated heterocycles. The van der Waals surface area contributed by atoms with Crippen molar-refractivity contribution in [2.45, 2.75) is 26.2 Å². The van der Waals surface area contributed by atoms with Crippen LogP contribution in [0, 0.1) is 5.92 Å². The Morgan fingerprint density at radius 3 is 2.90 bits per heavy atom. The lowest BCUT2D eigenvalue weighted by Crippen LogP contribution is -2.44. The number of urea groups is 1. The van der Waals surface area contributed by atoms with E-state index in [-0.39, 0.29) is 12.6 Å². The number of amides is 2. The summed E-state index contributed by atoms with van der Waals surface area (Å²) in [5, 5.41) is 16.1. The summed E-state index contributed by atoms with van der Waals surface area (Å²) in [4.78, 5) is 24.7. The highest BCUT2D eigenvalue weighted by Crippen LogP contribution is 2.18. The minimum absolute atomic E-state index is 0.262. The van der Waals surface area contributed by atoms with E-state index in [4.69, 9.17) is 5.11 Å². The molecule has 0 aromatic carbocycles. The second-order valence-electron chi connectivity index (χ2n) is 5.05. The molecule has 2 heterocycles. The zero-order chi connectivity index (χ0) is 14.7. The molecule has 0 saturated carbocycles. The van der Waals surface area contributed by atoms with E-state index in [0.29, 0.717) is 18.8 Å². The third-order valence-corrected chi connectivity index (χ3v) is 3.59. The van der Waals surface area contributed by atoms with Crippen LogP contribution in [0.5, 0.6) is 0 Å². The normalized spacial score (nSPS) is 18.9. The van der Waals surface area contributed by atoms with Gasteiger partial charge in [-0.25, -0.2) is 4.79 Å². The molecule has 1 aliphatic rings. The largest absolute Gasteiger partial charge is 0.481 e. The Kier molecular flexibility index (Phi) is 4.26. The first-order valence-electron chi connectivity index (χ1n) is 6.83. The molecule has 7 nitrogen and oxygen atoms in total. The van der Waals surface area contributed by atoms with E-state index in [1.54, 1.807) is 16.6 Å². The van der Waals surface area contributed by atoms with Gasteiger partial charge in [0.05, 0.1) is 11.6 Å². The number of nitrogens with one attached hydrogen (secondary N) is 1. The molecule has 1 unspecified atom stereocenters. The number of aliphatic carboxylic acids is 1. The van der Waals surface area contributed by atoms with Gasteiger partial charge in [0.15, 0.2) is 0 Å². The fourth-order valence-electron chi connectivity index (χ4n) is 2.37. The lowest BCUT2D eigenvalue weighted by atomic mass is 9.99. The maximum atomic E-state index is 12.2. The Labute approximate surface area is 117 Å². The summed E-state index contributed by atoms with van der Waals surface area (Å²) in [6.45, 7) is 2.85. The van der Waals surface area contributed by atoms with Crippen molar-refractivity contribution in [3.63, 3.8) is 0 Å². The lowest BCUT2D eigenvalue weighted by Gasteiger charge is -2.30. The van der Waals surface area contributed by atoms with E-state index < -0.39 is 11.9 Å². The first kappa shape index (κ1) is 14.4. The number of aryl methyl sites for hydroxylation is 2. The molecule has 0 bridgehead atoms. The van der Waals surface area contributed by atoms with Gasteiger partial charge in [0.1, 0.15) is 5.82 Å². The van der Waals surface area contributed by atoms with Crippen molar-refractivity contribution in [3.05, 3.63) is 11.8 Å². The van der Waals surface area contributed by atoms with Crippen molar-refractivity contribution >= 4 is 17.8 Å². The number of carbonyl (C=O) groups is 2. The molecule has 1 aromatic heterocycles. The molecule has 2 rings (SSSR count). The van der Waals surface area contributed by atoms with Gasteiger partial charge in [-0.15, -0.1) is 0 Å². The molecule has 0 spiro atoms. The highest BCUT2D eigenvalue weighted by molar-refractivity contribution is 5.89. The van der Waals surface area contributed by atoms with Crippen molar-refractivity contribution in [2.24, 2.45) is 13.0 Å². The molecule has 7 heteroatoms. The SMILES string of the molecule is CCc1cc(NC(=O)N2CCCC(C(=O)O)C2)n(C)n1. The Hall–Kier alpha value is -2.05. The van der Waals surface area contributed by atoms with Gasteiger partial charge < -0.3 is 10.0 Å². The van der Waals surface area contributed by atoms with Gasteiger partial charge in [0.25, 0.3) is 0 Å². The molecular weight excluding hydrogens is 260 g/mol. The fraction of sp³-hybridized carbons (Fsp3) is 0.615. The standard InChI is InChI=1S/C13H20N4O3/c1-3-10-7-11(16(2)15-10)14-13(20)17-6-4-5-9(8-17)12(18)19/h7,9H,3-6,8H2,1-2H3,(H,14,20)(H,18,19). The van der Waals surface area contributed by atoms with Gasteiger partial charge in [-0.1, -0.05) is 6.92 Å². The number of carbonyl (C=O) groups excluding carboxylic acids is 1. The fourth-order valence-corrected chi connectivity index (χ4v) is 2.37. The number of carboxylic acid groups (broad SMARTS) is 1. The van der Waals surface area contributed by atoms with Gasteiger partial charge in [-0.3, -0.25) is 14.8 Å². The van der Waals surface area contributed by atoms with Gasteiger partial charge >= 0.3 is 12.0 Å². The van der Waals surface area contributed by atoms with E-state index in [9.17, 15) is 9.59 Å². The van der Waals surface area contributed by atoms with Crippen LogP contribution in [0.3, 0.4) is 0 Å². The van der Waals surface area contributed by atoms with E-state index in [2.05, 4.69) is 10.4 Å². The van der Waals surface area contributed by atoms with Crippen LogP contribution in [0.1, 0.15) is 25.5 Å². The van der Waals surface area contributed by atoms with Crippen molar-refractivity contribution in [1.82, 2.24) is 14.7 Å². The Balaban J connectivity index is 2.00. The van der Waals surface area contributed by atoms with Crippen LogP contribution in [0.2, 0.25) is 0 Å². The number of aromatic nitrogens is 2. The summed E-state index contributed by atoms with van der Waals surface area (Å²) in [7, 11) is 1.77. The third kappa shape index (κ3) is 3.09. The second-order valence-corrected chi connectivity index (χ2v) is 5.05. The molecule has 2 amide bonds. The van der Waals surface area contributed by atoms with Crippen molar-refractivity contribution < 1.29 is 14.7 Å². The maximum Gasteiger partial charge on any atom is 0.323 e. The Bertz CT molecular complexity index is 512. The van der Waals surface area contributed by atoms with Crippen molar-refractivity contribution in [3.8, 4) is 0 Å². The highest BCUT2D eigenvalue weighted by atomic mass is 16.4. The van der Waals surface area contributed by atoms with Crippen LogP contribution in [0.25, 0.3) is 0 Å². The van der Waals surface area contributed by atoms with Crippen molar-refractivity contribution in [2.75, 3.05) is 18.4 Å². The quantitative estimate of drug-likeness (QED) is 0.874. The molecule has 1 atom stereocenters. The minimum atomic E-state index is -0.837. The molecule has 0 aliphatic carbocycles. The predicted octanol–water partition coefficient (Wildman–Crippen LogP) is 1.31. The van der Waals surface area contributed by atoms with E-state index in [1.807, 2.05) is 13.0 Å². The Morgan fingerprint density at radius 2 is 2.30 bits per heavy atom. The summed E-state index contributed by atoms with van der Waals surface area (Å²) >= 11 is 0. The van der Waals surface area contributed by atoms with Gasteiger partial charge in [0, 0.05) is 26.2 Å². The monoisotopic (exact) mass is 280 g/mol. The molecule has 20 heavy (non-hydrogen) atoms. The zero-order valence-corrected chi connectivity index (χ0v) is 11.8. The molecule has 110 valence electrons. The van der Waals surface area contributed by atoms with E-state index in [0.717, 1.165) is 18.5 Å². The number of rotatable bonds is 3. The van der Waals surface area contributed by atoms with Crippen LogP contribution in [0.15, 0.2) is 6.07 Å². The first-order chi connectivity index (χ1) is 9.51. The smallest absolute Gasteiger partial charge is 0.323 e. The predicted molar refractivity (Wildman–Crippen MR) is 73.5 cm³/mol. The summed E-state index contributed by atoms with van der Waals surface area (Å²) in [6, 6.07) is 1.57. The zero-order valence-electron chi connectivity index (χ0n) is 11.8. The minimum Gasteiger partial charge on any atom is -0.481 e. The third-order valence-electron chi connectivity index (χ3n) is 3.59. The number of carboxylic acids is 1. The summed E-state index contributed by atoms with van der Waals surface area (Å²) in [5.41, 5.74) is 0.907.